The van der Waals surface area contributed by atoms with Gasteiger partial charge in [0.05, 0.1) is 22.1 Å². The van der Waals surface area contributed by atoms with Crippen LogP contribution in [0, 0.1) is 11.7 Å². The number of carboxylic acid groups (broad SMARTS) is 1. The van der Waals surface area contributed by atoms with E-state index in [2.05, 4.69) is 10.2 Å². The van der Waals surface area contributed by atoms with Gasteiger partial charge in [0, 0.05) is 52.3 Å². The molecule has 2 fully saturated rings. The molecule has 1 aromatic heterocycles. The number of hydrogen-bond acceptors (Lipinski definition) is 4. The molecule has 4 atom stereocenters. The van der Waals surface area contributed by atoms with Crippen LogP contribution in [0.4, 0.5) is 10.1 Å². The van der Waals surface area contributed by atoms with Gasteiger partial charge >= 0.3 is 5.97 Å². The molecule has 10 heteroatoms. The van der Waals surface area contributed by atoms with Crippen LogP contribution in [0.1, 0.15) is 58.4 Å². The van der Waals surface area contributed by atoms with Crippen LogP contribution in [0.3, 0.4) is 0 Å². The highest BCUT2D eigenvalue weighted by molar-refractivity contribution is 6.31. The van der Waals surface area contributed by atoms with Gasteiger partial charge in [-0.25, -0.2) is 9.18 Å². The van der Waals surface area contributed by atoms with Crippen LogP contribution in [0.5, 0.6) is 0 Å². The van der Waals surface area contributed by atoms with E-state index in [0.717, 1.165) is 35.9 Å². The first-order chi connectivity index (χ1) is 19.8. The number of halogens is 3. The van der Waals surface area contributed by atoms with Crippen LogP contribution in [0.25, 0.3) is 10.9 Å². The van der Waals surface area contributed by atoms with Crippen molar-refractivity contribution >= 4 is 51.7 Å². The smallest absolute Gasteiger partial charge is 0.335 e. The number of nitrogens with one attached hydrogen (secondary N) is 1. The number of hydrogen-bond donors (Lipinski definition) is 2. The Morgan fingerprint density at radius 3 is 2.73 bits per heavy atom. The fourth-order valence-electron chi connectivity index (χ4n) is 7.86. The second kappa shape index (κ2) is 8.77. The van der Waals surface area contributed by atoms with Crippen molar-refractivity contribution < 1.29 is 19.1 Å². The van der Waals surface area contributed by atoms with Gasteiger partial charge in [-0.15, -0.1) is 0 Å². The molecule has 1 saturated heterocycles. The van der Waals surface area contributed by atoms with E-state index in [4.69, 9.17) is 28.3 Å². The number of carbonyl (C=O) groups excluding carboxylic acids is 1. The summed E-state index contributed by atoms with van der Waals surface area (Å²) < 4.78 is 18.0. The third kappa shape index (κ3) is 3.32. The lowest BCUT2D eigenvalue weighted by Crippen LogP contribution is -2.54. The number of aromatic carboxylic acids is 1. The maximum atomic E-state index is 16.1. The van der Waals surface area contributed by atoms with Crippen molar-refractivity contribution in [3.63, 3.8) is 0 Å². The molecule has 7 nitrogen and oxygen atoms in total. The SMILES string of the molecule is O=C(O)c1ccc2c3n(nc2c1)[C@@H]1[C@H](C3)N(CC2CCC2)[C@@]2(C(=O)Nc3cc(Cl)ccc32)[C@H]1c1cccc(Cl)c1F. The first kappa shape index (κ1) is 25.3. The van der Waals surface area contributed by atoms with E-state index in [0.29, 0.717) is 40.7 Å². The summed E-state index contributed by atoms with van der Waals surface area (Å²) in [5, 5.41) is 19.0. The van der Waals surface area contributed by atoms with E-state index in [1.807, 2.05) is 10.7 Å². The van der Waals surface area contributed by atoms with Crippen molar-refractivity contribution in [3.05, 3.63) is 92.8 Å². The Bertz CT molecular complexity index is 1800. The molecule has 1 saturated carbocycles. The molecule has 0 bridgehead atoms. The summed E-state index contributed by atoms with van der Waals surface area (Å²) in [5.41, 5.74) is 2.24. The number of rotatable bonds is 4. The molecule has 1 amide bonds. The Labute approximate surface area is 244 Å². The van der Waals surface area contributed by atoms with E-state index in [-0.39, 0.29) is 22.5 Å². The van der Waals surface area contributed by atoms with Gasteiger partial charge in [0.15, 0.2) is 0 Å². The number of fused-ring (bicyclic) bond motifs is 7. The largest absolute Gasteiger partial charge is 0.478 e. The van der Waals surface area contributed by atoms with Gasteiger partial charge in [-0.05, 0) is 54.7 Å². The number of aromatic nitrogens is 2. The molecule has 8 rings (SSSR count). The van der Waals surface area contributed by atoms with E-state index in [1.54, 1.807) is 42.5 Å². The molecule has 0 radical (unpaired) electrons. The maximum Gasteiger partial charge on any atom is 0.335 e. The summed E-state index contributed by atoms with van der Waals surface area (Å²) >= 11 is 12.7. The number of nitrogens with zero attached hydrogens (tertiary/aromatic N) is 3. The van der Waals surface area contributed by atoms with E-state index in [1.165, 1.54) is 6.07 Å². The van der Waals surface area contributed by atoms with Gasteiger partial charge in [0.1, 0.15) is 11.4 Å². The molecule has 3 aliphatic heterocycles. The zero-order valence-electron chi connectivity index (χ0n) is 21.8. The highest BCUT2D eigenvalue weighted by Crippen LogP contribution is 2.64. The van der Waals surface area contributed by atoms with Crippen molar-refractivity contribution in [1.82, 2.24) is 14.7 Å². The van der Waals surface area contributed by atoms with E-state index >= 15 is 4.39 Å². The Hall–Kier alpha value is -3.46. The summed E-state index contributed by atoms with van der Waals surface area (Å²) in [5.74, 6) is -2.01. The second-order valence-corrected chi connectivity index (χ2v) is 12.5. The first-order valence-electron chi connectivity index (χ1n) is 13.9. The molecular formula is C31H25Cl2FN4O3. The van der Waals surface area contributed by atoms with E-state index < -0.39 is 29.3 Å². The number of anilines is 1. The predicted octanol–water partition coefficient (Wildman–Crippen LogP) is 6.39. The molecular weight excluding hydrogens is 566 g/mol. The number of carboxylic acids is 1. The molecule has 41 heavy (non-hydrogen) atoms. The quantitative estimate of drug-likeness (QED) is 0.287. The molecule has 4 aromatic rings. The molecule has 1 spiro atoms. The molecule has 4 heterocycles. The summed E-state index contributed by atoms with van der Waals surface area (Å²) in [6.45, 7) is 0.696. The highest BCUT2D eigenvalue weighted by atomic mass is 35.5. The molecule has 0 unspecified atom stereocenters. The normalized spacial score (nSPS) is 26.7. The first-order valence-corrected chi connectivity index (χ1v) is 14.6. The monoisotopic (exact) mass is 590 g/mol. The average molecular weight is 591 g/mol. The van der Waals surface area contributed by atoms with Crippen LogP contribution >= 0.6 is 23.2 Å². The van der Waals surface area contributed by atoms with Gasteiger partial charge in [-0.2, -0.15) is 5.10 Å². The van der Waals surface area contributed by atoms with Gasteiger partial charge in [0.2, 0.25) is 5.91 Å². The molecule has 4 aliphatic rings. The number of carbonyl (C=O) groups is 2. The third-order valence-corrected chi connectivity index (χ3v) is 10.3. The van der Waals surface area contributed by atoms with Gasteiger partial charge in [0.25, 0.3) is 0 Å². The Balaban J connectivity index is 1.41. The molecule has 2 N–H and O–H groups in total. The maximum absolute atomic E-state index is 16.1. The lowest BCUT2D eigenvalue weighted by Gasteiger charge is -2.43. The van der Waals surface area contributed by atoms with Crippen molar-refractivity contribution in [3.8, 4) is 0 Å². The minimum absolute atomic E-state index is 0.00340. The van der Waals surface area contributed by atoms with Crippen molar-refractivity contribution in [2.45, 2.75) is 49.2 Å². The Morgan fingerprint density at radius 2 is 1.98 bits per heavy atom. The van der Waals surface area contributed by atoms with Crippen molar-refractivity contribution in [2.75, 3.05) is 11.9 Å². The van der Waals surface area contributed by atoms with Crippen LogP contribution in [-0.2, 0) is 16.8 Å². The van der Waals surface area contributed by atoms with Crippen molar-refractivity contribution in [2.24, 2.45) is 5.92 Å². The van der Waals surface area contributed by atoms with Gasteiger partial charge < -0.3 is 10.4 Å². The predicted molar refractivity (Wildman–Crippen MR) is 153 cm³/mol. The van der Waals surface area contributed by atoms with Crippen LogP contribution in [0.2, 0.25) is 10.0 Å². The zero-order chi connectivity index (χ0) is 28.2. The van der Waals surface area contributed by atoms with Crippen LogP contribution in [-0.4, -0.2) is 44.3 Å². The van der Waals surface area contributed by atoms with Crippen LogP contribution in [0.15, 0.2) is 54.6 Å². The van der Waals surface area contributed by atoms with E-state index in [9.17, 15) is 14.7 Å². The fraction of sp³-hybridized carbons (Fsp3) is 0.323. The third-order valence-electron chi connectivity index (χ3n) is 9.75. The molecule has 3 aromatic carbocycles. The number of likely N-dealkylation sites (tertiary alicyclic amines) is 1. The average Bonchev–Trinajstić information content (AvgIpc) is 3.60. The zero-order valence-corrected chi connectivity index (χ0v) is 23.3. The van der Waals surface area contributed by atoms with Crippen molar-refractivity contribution in [1.29, 1.82) is 0 Å². The highest BCUT2D eigenvalue weighted by Gasteiger charge is 2.69. The molecule has 208 valence electrons. The molecule has 1 aliphatic carbocycles. The lowest BCUT2D eigenvalue weighted by molar-refractivity contribution is -0.128. The number of amides is 1. The Kier molecular flexibility index (Phi) is 5.40. The summed E-state index contributed by atoms with van der Waals surface area (Å²) in [6, 6.07) is 14.8. The minimum Gasteiger partial charge on any atom is -0.478 e. The second-order valence-electron chi connectivity index (χ2n) is 11.7. The van der Waals surface area contributed by atoms with Gasteiger partial charge in [-0.1, -0.05) is 53.9 Å². The van der Waals surface area contributed by atoms with Crippen LogP contribution < -0.4 is 5.32 Å². The lowest BCUT2D eigenvalue weighted by atomic mass is 9.73. The summed E-state index contributed by atoms with van der Waals surface area (Å²) in [7, 11) is 0. The number of benzene rings is 3. The topological polar surface area (TPSA) is 87.5 Å². The van der Waals surface area contributed by atoms with Gasteiger partial charge in [-0.3, -0.25) is 14.4 Å². The summed E-state index contributed by atoms with van der Waals surface area (Å²) in [6.07, 6.45) is 3.92. The summed E-state index contributed by atoms with van der Waals surface area (Å²) in [4.78, 5) is 28.4. The Morgan fingerprint density at radius 1 is 1.15 bits per heavy atom. The minimum atomic E-state index is -1.21. The fourth-order valence-corrected chi connectivity index (χ4v) is 8.21. The standard InChI is InChI=1S/C31H25Cl2FN4O3/c32-17-8-10-20-23(12-17)35-30(41)31(20)26(19-5-2-6-21(33)27(19)34)28-25(37(31)14-15-3-1-4-15)13-24-18-9-7-16(29(39)40)11-22(18)36-38(24)28/h2,5-12,15,25-26,28H,1,3-4,13-14H2,(H,35,41)(H,39,40)/t25-,26-,28+,31+/m0/s1.